The van der Waals surface area contributed by atoms with Gasteiger partial charge in [0.2, 0.25) is 5.95 Å². The van der Waals surface area contributed by atoms with Crippen LogP contribution in [0.15, 0.2) is 6.20 Å². The van der Waals surface area contributed by atoms with E-state index in [1.165, 1.54) is 32.1 Å². The molecule has 1 heterocycles. The summed E-state index contributed by atoms with van der Waals surface area (Å²) >= 11 is 6.14. The lowest BCUT2D eigenvalue weighted by Crippen LogP contribution is -2.21. The lowest BCUT2D eigenvalue weighted by atomic mass is 9.81. The van der Waals surface area contributed by atoms with Gasteiger partial charge >= 0.3 is 0 Å². The Hall–Kier alpha value is -1.03. The predicted octanol–water partition coefficient (Wildman–Crippen LogP) is 4.19. The van der Waals surface area contributed by atoms with Crippen molar-refractivity contribution in [1.82, 2.24) is 9.97 Å². The van der Waals surface area contributed by atoms with E-state index in [0.717, 1.165) is 30.7 Å². The van der Waals surface area contributed by atoms with Crippen LogP contribution in [0.1, 0.15) is 46.0 Å². The summed E-state index contributed by atoms with van der Waals surface area (Å²) < 4.78 is 0. The average molecular weight is 297 g/mol. The van der Waals surface area contributed by atoms with Crippen molar-refractivity contribution in [3.8, 4) is 0 Å². The van der Waals surface area contributed by atoms with E-state index in [0.29, 0.717) is 11.0 Å². The predicted molar refractivity (Wildman–Crippen MR) is 85.4 cm³/mol. The molecule has 1 aromatic heterocycles. The number of rotatable bonds is 6. The lowest BCUT2D eigenvalue weighted by molar-refractivity contribution is 0.278. The number of hydrogen-bond donors (Lipinski definition) is 2. The molecular weight excluding hydrogens is 272 g/mol. The molecule has 0 bridgehead atoms. The molecule has 2 rings (SSSR count). The van der Waals surface area contributed by atoms with Gasteiger partial charge in [-0.2, -0.15) is 4.98 Å². The zero-order valence-electron chi connectivity index (χ0n) is 12.5. The first-order valence-electron chi connectivity index (χ1n) is 7.73. The van der Waals surface area contributed by atoms with Crippen molar-refractivity contribution in [1.29, 1.82) is 0 Å². The Morgan fingerprint density at radius 3 is 2.50 bits per heavy atom. The van der Waals surface area contributed by atoms with E-state index in [2.05, 4.69) is 27.5 Å². The van der Waals surface area contributed by atoms with Crippen molar-refractivity contribution in [2.75, 3.05) is 23.7 Å². The summed E-state index contributed by atoms with van der Waals surface area (Å²) in [7, 11) is 0. The Labute approximate surface area is 126 Å². The molecule has 2 N–H and O–H groups in total. The molecule has 4 nitrogen and oxygen atoms in total. The Balaban J connectivity index is 1.86. The third-order valence-corrected chi connectivity index (χ3v) is 4.46. The Kier molecular flexibility index (Phi) is 5.89. The second-order valence-corrected chi connectivity index (χ2v) is 6.00. The molecule has 1 aliphatic carbocycles. The first-order valence-corrected chi connectivity index (χ1v) is 8.11. The zero-order valence-corrected chi connectivity index (χ0v) is 13.2. The standard InChI is InChI=1S/C15H25ClN4/c1-3-11-5-7-12(8-6-11)9-18-14-13(16)10-19-15(20-14)17-4-2/h10-12H,3-9H2,1-2H3,(H2,17,18,19,20). The van der Waals surface area contributed by atoms with Crippen molar-refractivity contribution >= 4 is 23.4 Å². The number of nitrogens with one attached hydrogen (secondary N) is 2. The molecule has 1 saturated carbocycles. The quantitative estimate of drug-likeness (QED) is 0.826. The van der Waals surface area contributed by atoms with Crippen LogP contribution < -0.4 is 10.6 Å². The lowest BCUT2D eigenvalue weighted by Gasteiger charge is -2.28. The molecule has 0 saturated heterocycles. The molecule has 5 heteroatoms. The largest absolute Gasteiger partial charge is 0.368 e. The van der Waals surface area contributed by atoms with Crippen molar-refractivity contribution < 1.29 is 0 Å². The summed E-state index contributed by atoms with van der Waals surface area (Å²) in [5, 5.41) is 7.09. The molecule has 0 aliphatic heterocycles. The summed E-state index contributed by atoms with van der Waals surface area (Å²) in [6, 6.07) is 0. The van der Waals surface area contributed by atoms with Crippen molar-refractivity contribution in [3.05, 3.63) is 11.2 Å². The van der Waals surface area contributed by atoms with Gasteiger partial charge in [0, 0.05) is 13.1 Å². The third kappa shape index (κ3) is 4.23. The van der Waals surface area contributed by atoms with Gasteiger partial charge in [-0.3, -0.25) is 0 Å². The maximum atomic E-state index is 6.14. The fourth-order valence-corrected chi connectivity index (χ4v) is 2.98. The summed E-state index contributed by atoms with van der Waals surface area (Å²) in [4.78, 5) is 8.56. The van der Waals surface area contributed by atoms with Gasteiger partial charge < -0.3 is 10.6 Å². The van der Waals surface area contributed by atoms with Crippen LogP contribution in [-0.4, -0.2) is 23.1 Å². The minimum Gasteiger partial charge on any atom is -0.368 e. The molecule has 1 aliphatic rings. The van der Waals surface area contributed by atoms with Crippen LogP contribution in [0.2, 0.25) is 5.02 Å². The minimum atomic E-state index is 0.592. The second-order valence-electron chi connectivity index (χ2n) is 5.60. The highest BCUT2D eigenvalue weighted by atomic mass is 35.5. The van der Waals surface area contributed by atoms with Gasteiger partial charge in [0.1, 0.15) is 10.8 Å². The van der Waals surface area contributed by atoms with Gasteiger partial charge in [-0.1, -0.05) is 37.8 Å². The van der Waals surface area contributed by atoms with E-state index in [1.807, 2.05) is 6.92 Å². The highest BCUT2D eigenvalue weighted by molar-refractivity contribution is 6.32. The highest BCUT2D eigenvalue weighted by Crippen LogP contribution is 2.31. The smallest absolute Gasteiger partial charge is 0.224 e. The van der Waals surface area contributed by atoms with E-state index in [-0.39, 0.29) is 0 Å². The van der Waals surface area contributed by atoms with E-state index in [1.54, 1.807) is 6.20 Å². The second kappa shape index (κ2) is 7.67. The van der Waals surface area contributed by atoms with Crippen molar-refractivity contribution in [3.63, 3.8) is 0 Å². The third-order valence-electron chi connectivity index (χ3n) is 4.18. The summed E-state index contributed by atoms with van der Waals surface area (Å²) in [5.74, 6) is 3.06. The van der Waals surface area contributed by atoms with E-state index < -0.39 is 0 Å². The zero-order chi connectivity index (χ0) is 14.4. The summed E-state index contributed by atoms with van der Waals surface area (Å²) in [5.41, 5.74) is 0. The van der Waals surface area contributed by atoms with Gasteiger partial charge in [0.15, 0.2) is 0 Å². The fraction of sp³-hybridized carbons (Fsp3) is 0.733. The number of halogens is 1. The SMILES string of the molecule is CCNc1ncc(Cl)c(NCC2CCC(CC)CC2)n1. The summed E-state index contributed by atoms with van der Waals surface area (Å²) in [6.07, 6.45) is 8.33. The van der Waals surface area contributed by atoms with Crippen LogP contribution in [0, 0.1) is 11.8 Å². The topological polar surface area (TPSA) is 49.8 Å². The first kappa shape index (κ1) is 15.4. The van der Waals surface area contributed by atoms with Gasteiger partial charge in [-0.15, -0.1) is 0 Å². The van der Waals surface area contributed by atoms with Crippen LogP contribution in [-0.2, 0) is 0 Å². The van der Waals surface area contributed by atoms with E-state index in [9.17, 15) is 0 Å². The number of anilines is 2. The molecule has 1 fully saturated rings. The van der Waals surface area contributed by atoms with Gasteiger partial charge in [-0.25, -0.2) is 4.98 Å². The van der Waals surface area contributed by atoms with Crippen LogP contribution in [0.4, 0.5) is 11.8 Å². The Morgan fingerprint density at radius 2 is 1.85 bits per heavy atom. The van der Waals surface area contributed by atoms with Gasteiger partial charge in [-0.05, 0) is 31.6 Å². The Bertz CT molecular complexity index is 416. The summed E-state index contributed by atoms with van der Waals surface area (Å²) in [6.45, 7) is 6.09. The van der Waals surface area contributed by atoms with E-state index >= 15 is 0 Å². The van der Waals surface area contributed by atoms with E-state index in [4.69, 9.17) is 11.6 Å². The van der Waals surface area contributed by atoms with Crippen molar-refractivity contribution in [2.45, 2.75) is 46.0 Å². The highest BCUT2D eigenvalue weighted by Gasteiger charge is 2.20. The molecule has 0 spiro atoms. The molecule has 20 heavy (non-hydrogen) atoms. The fourth-order valence-electron chi connectivity index (χ4n) is 2.82. The van der Waals surface area contributed by atoms with Crippen LogP contribution in [0.5, 0.6) is 0 Å². The van der Waals surface area contributed by atoms with Gasteiger partial charge in [0.25, 0.3) is 0 Å². The maximum absolute atomic E-state index is 6.14. The van der Waals surface area contributed by atoms with Crippen LogP contribution >= 0.6 is 11.6 Å². The molecule has 0 radical (unpaired) electrons. The normalized spacial score (nSPS) is 22.6. The average Bonchev–Trinajstić information content (AvgIpc) is 2.48. The van der Waals surface area contributed by atoms with Gasteiger partial charge in [0.05, 0.1) is 6.20 Å². The number of aromatic nitrogens is 2. The molecule has 0 atom stereocenters. The molecule has 0 aromatic carbocycles. The molecule has 0 amide bonds. The number of nitrogens with zero attached hydrogens (tertiary/aromatic N) is 2. The number of hydrogen-bond acceptors (Lipinski definition) is 4. The molecule has 112 valence electrons. The Morgan fingerprint density at radius 1 is 1.15 bits per heavy atom. The van der Waals surface area contributed by atoms with Crippen LogP contribution in [0.3, 0.4) is 0 Å². The molecular formula is C15H25ClN4. The van der Waals surface area contributed by atoms with Crippen molar-refractivity contribution in [2.24, 2.45) is 11.8 Å². The first-order chi connectivity index (χ1) is 9.72. The molecule has 0 unspecified atom stereocenters. The monoisotopic (exact) mass is 296 g/mol. The molecule has 1 aromatic rings. The maximum Gasteiger partial charge on any atom is 0.224 e. The van der Waals surface area contributed by atoms with Crippen LogP contribution in [0.25, 0.3) is 0 Å². The minimum absolute atomic E-state index is 0.592.